The van der Waals surface area contributed by atoms with E-state index in [0.717, 1.165) is 11.1 Å². The van der Waals surface area contributed by atoms with Crippen LogP contribution < -0.4 is 4.83 Å². The molecule has 3 atom stereocenters. The molecule has 7 heteroatoms. The van der Waals surface area contributed by atoms with E-state index >= 15 is 0 Å². The lowest BCUT2D eigenvalue weighted by Gasteiger charge is -2.11. The van der Waals surface area contributed by atoms with E-state index in [1.807, 2.05) is 37.3 Å². The maximum Gasteiger partial charge on any atom is 0.276 e. The standard InChI is InChI=1S/C25H26ClN3O2S/c1-17(2)29-24(20-7-5-4-6-8-20)25(29)23(19-11-13-21(26)14-12-19)27-28-32(30,31)22-15-9-18(3)10-16-22/h4-17,24-25,28H,1-3H3/b27-23-/t24-,25+,29?/m0/s1. The smallest absolute Gasteiger partial charge is 0.276 e. The van der Waals surface area contributed by atoms with Crippen LogP contribution >= 0.6 is 11.6 Å². The highest BCUT2D eigenvalue weighted by molar-refractivity contribution is 7.89. The molecule has 1 fully saturated rings. The second-order valence-electron chi connectivity index (χ2n) is 8.25. The number of halogens is 1. The van der Waals surface area contributed by atoms with Crippen molar-refractivity contribution in [2.75, 3.05) is 0 Å². The van der Waals surface area contributed by atoms with E-state index in [2.05, 4.69) is 40.8 Å². The molecule has 0 radical (unpaired) electrons. The maximum absolute atomic E-state index is 12.9. The predicted molar refractivity (Wildman–Crippen MR) is 129 cm³/mol. The fourth-order valence-corrected chi connectivity index (χ4v) is 4.93. The minimum atomic E-state index is -3.80. The Kier molecular flexibility index (Phi) is 6.38. The van der Waals surface area contributed by atoms with E-state index in [9.17, 15) is 8.42 Å². The molecule has 0 spiro atoms. The second-order valence-corrected chi connectivity index (χ2v) is 10.4. The summed E-state index contributed by atoms with van der Waals surface area (Å²) in [5.74, 6) is 0. The van der Waals surface area contributed by atoms with Crippen molar-refractivity contribution in [3.8, 4) is 0 Å². The van der Waals surface area contributed by atoms with E-state index in [4.69, 9.17) is 11.6 Å². The zero-order valence-electron chi connectivity index (χ0n) is 18.2. The van der Waals surface area contributed by atoms with Gasteiger partial charge in [-0.2, -0.15) is 18.4 Å². The van der Waals surface area contributed by atoms with Crippen molar-refractivity contribution in [3.63, 3.8) is 0 Å². The molecule has 166 valence electrons. The molecule has 32 heavy (non-hydrogen) atoms. The zero-order chi connectivity index (χ0) is 22.9. The lowest BCUT2D eigenvalue weighted by atomic mass is 10.0. The minimum Gasteiger partial charge on any atom is -0.282 e. The third-order valence-corrected chi connectivity index (χ3v) is 7.10. The van der Waals surface area contributed by atoms with Crippen LogP contribution in [0.15, 0.2) is 88.9 Å². The first kappa shape index (κ1) is 22.5. The van der Waals surface area contributed by atoms with Gasteiger partial charge >= 0.3 is 0 Å². The summed E-state index contributed by atoms with van der Waals surface area (Å²) in [6, 6.07) is 24.6. The molecule has 0 bridgehead atoms. The van der Waals surface area contributed by atoms with Gasteiger partial charge in [0.2, 0.25) is 0 Å². The number of benzene rings is 3. The van der Waals surface area contributed by atoms with Gasteiger partial charge in [-0.1, -0.05) is 71.8 Å². The van der Waals surface area contributed by atoms with Crippen LogP contribution in [0.5, 0.6) is 0 Å². The van der Waals surface area contributed by atoms with Crippen molar-refractivity contribution < 1.29 is 8.42 Å². The number of rotatable bonds is 7. The molecule has 1 unspecified atom stereocenters. The normalized spacial score (nSPS) is 20.9. The average Bonchev–Trinajstić information content (AvgIpc) is 3.52. The fourth-order valence-electron chi connectivity index (χ4n) is 3.99. The van der Waals surface area contributed by atoms with Crippen LogP contribution in [0.4, 0.5) is 0 Å². The molecule has 3 aromatic carbocycles. The summed E-state index contributed by atoms with van der Waals surface area (Å²) in [7, 11) is -3.80. The van der Waals surface area contributed by atoms with Crippen LogP contribution in [-0.2, 0) is 10.0 Å². The lowest BCUT2D eigenvalue weighted by Crippen LogP contribution is -2.25. The molecule has 1 heterocycles. The highest BCUT2D eigenvalue weighted by atomic mass is 35.5. The Morgan fingerprint density at radius 1 is 0.969 bits per heavy atom. The topological polar surface area (TPSA) is 61.5 Å². The third kappa shape index (κ3) is 4.72. The van der Waals surface area contributed by atoms with Gasteiger partial charge in [-0.15, -0.1) is 0 Å². The SMILES string of the molecule is Cc1ccc(S(=O)(=O)N/N=C(/c2ccc(Cl)cc2)[C@@H]2[C@H](c3ccccc3)N2C(C)C)cc1. The number of aryl methyl sites for hydroxylation is 1. The van der Waals surface area contributed by atoms with E-state index in [0.29, 0.717) is 10.7 Å². The molecule has 1 aliphatic heterocycles. The van der Waals surface area contributed by atoms with Gasteiger partial charge in [0, 0.05) is 11.1 Å². The van der Waals surface area contributed by atoms with Crippen molar-refractivity contribution in [3.05, 3.63) is 101 Å². The van der Waals surface area contributed by atoms with Gasteiger partial charge < -0.3 is 0 Å². The van der Waals surface area contributed by atoms with Crippen molar-refractivity contribution in [2.45, 2.75) is 43.8 Å². The molecule has 1 N–H and O–H groups in total. The Hall–Kier alpha value is -2.67. The summed E-state index contributed by atoms with van der Waals surface area (Å²) in [6.07, 6.45) is 0. The van der Waals surface area contributed by atoms with Crippen LogP contribution in [0.1, 0.15) is 36.6 Å². The molecular formula is C25H26ClN3O2S. The maximum atomic E-state index is 12.9. The summed E-state index contributed by atoms with van der Waals surface area (Å²) < 4.78 is 25.8. The van der Waals surface area contributed by atoms with Crippen LogP contribution in [0, 0.1) is 6.92 Å². The first-order valence-electron chi connectivity index (χ1n) is 10.5. The van der Waals surface area contributed by atoms with Crippen LogP contribution in [0.2, 0.25) is 5.02 Å². The molecule has 1 aliphatic rings. The molecule has 0 aliphatic carbocycles. The van der Waals surface area contributed by atoms with E-state index in [1.165, 1.54) is 5.56 Å². The van der Waals surface area contributed by atoms with Gasteiger partial charge in [0.15, 0.2) is 0 Å². The first-order valence-corrected chi connectivity index (χ1v) is 12.4. The molecule has 4 rings (SSSR count). The van der Waals surface area contributed by atoms with Gasteiger partial charge in [-0.3, -0.25) is 4.90 Å². The molecule has 0 amide bonds. The third-order valence-electron chi connectivity index (χ3n) is 5.63. The van der Waals surface area contributed by atoms with Crippen LogP contribution in [0.25, 0.3) is 0 Å². The number of hydrogen-bond acceptors (Lipinski definition) is 4. The number of hydrogen-bond donors (Lipinski definition) is 1. The second kappa shape index (κ2) is 9.06. The summed E-state index contributed by atoms with van der Waals surface area (Å²) in [4.78, 5) is 4.96. The van der Waals surface area contributed by atoms with Crippen LogP contribution in [0.3, 0.4) is 0 Å². The monoisotopic (exact) mass is 467 g/mol. The molecule has 5 nitrogen and oxygen atoms in total. The summed E-state index contributed by atoms with van der Waals surface area (Å²) in [5.41, 5.74) is 3.66. The largest absolute Gasteiger partial charge is 0.282 e. The molecule has 0 saturated carbocycles. The predicted octanol–water partition coefficient (Wildman–Crippen LogP) is 5.16. The van der Waals surface area contributed by atoms with Gasteiger partial charge in [-0.25, -0.2) is 0 Å². The fraction of sp³-hybridized carbons (Fsp3) is 0.240. The Bertz CT molecular complexity index is 1210. The number of nitrogens with zero attached hydrogens (tertiary/aromatic N) is 2. The molecule has 1 saturated heterocycles. The van der Waals surface area contributed by atoms with E-state index in [-0.39, 0.29) is 23.0 Å². The Morgan fingerprint density at radius 3 is 2.19 bits per heavy atom. The Labute approximate surface area is 194 Å². The quantitative estimate of drug-likeness (QED) is 0.296. The number of sulfonamides is 1. The zero-order valence-corrected chi connectivity index (χ0v) is 19.8. The lowest BCUT2D eigenvalue weighted by molar-refractivity contribution is 0.415. The first-order chi connectivity index (χ1) is 15.3. The highest BCUT2D eigenvalue weighted by Crippen LogP contribution is 2.46. The molecule has 3 aromatic rings. The summed E-state index contributed by atoms with van der Waals surface area (Å²) in [6.45, 7) is 6.18. The van der Waals surface area contributed by atoms with E-state index in [1.54, 1.807) is 36.4 Å². The van der Waals surface area contributed by atoms with Gasteiger partial charge in [0.05, 0.1) is 22.7 Å². The summed E-state index contributed by atoms with van der Waals surface area (Å²) in [5, 5.41) is 5.07. The Balaban J connectivity index is 1.72. The van der Waals surface area contributed by atoms with Crippen molar-refractivity contribution in [1.29, 1.82) is 0 Å². The van der Waals surface area contributed by atoms with E-state index < -0.39 is 10.0 Å². The average molecular weight is 468 g/mol. The minimum absolute atomic E-state index is 0.0562. The number of nitrogens with one attached hydrogen (secondary N) is 1. The summed E-state index contributed by atoms with van der Waals surface area (Å²) >= 11 is 6.10. The van der Waals surface area contributed by atoms with Crippen molar-refractivity contribution >= 4 is 27.3 Å². The van der Waals surface area contributed by atoms with Gasteiger partial charge in [-0.05, 0) is 56.2 Å². The highest BCUT2D eigenvalue weighted by Gasteiger charge is 2.53. The van der Waals surface area contributed by atoms with Crippen molar-refractivity contribution in [1.82, 2.24) is 9.73 Å². The molecule has 0 aromatic heterocycles. The van der Waals surface area contributed by atoms with Gasteiger partial charge in [0.25, 0.3) is 10.0 Å². The Morgan fingerprint density at radius 2 is 1.59 bits per heavy atom. The number of hydrazone groups is 1. The van der Waals surface area contributed by atoms with Crippen molar-refractivity contribution in [2.24, 2.45) is 5.10 Å². The van der Waals surface area contributed by atoms with Crippen LogP contribution in [-0.4, -0.2) is 31.1 Å². The van der Waals surface area contributed by atoms with Gasteiger partial charge in [0.1, 0.15) is 0 Å². The molecular weight excluding hydrogens is 442 g/mol.